The lowest BCUT2D eigenvalue weighted by atomic mass is 10.2. The Morgan fingerprint density at radius 1 is 1.47 bits per heavy atom. The van der Waals surface area contributed by atoms with Crippen LogP contribution in [0.25, 0.3) is 0 Å². The maximum Gasteiger partial charge on any atom is 0.241 e. The molecule has 0 aliphatic heterocycles. The lowest BCUT2D eigenvalue weighted by molar-refractivity contribution is -0.117. The Morgan fingerprint density at radius 2 is 2.11 bits per heavy atom. The first-order valence-electron chi connectivity index (χ1n) is 6.49. The first kappa shape index (κ1) is 16.0. The molecule has 1 rings (SSSR count). The van der Waals surface area contributed by atoms with Gasteiger partial charge in [-0.15, -0.1) is 0 Å². The fourth-order valence-corrected chi connectivity index (χ4v) is 2.43. The standard InChI is InChI=1S/C13H24N4OS/c1-8(2)17-10(4)12(9(3)16-17)15-13(18)11(14)6-7-19-5/h8,11H,6-7,14H2,1-5H3,(H,15,18)/t11-/m1/s1. The van der Waals surface area contributed by atoms with Crippen molar-refractivity contribution in [3.8, 4) is 0 Å². The number of thioether (sulfide) groups is 1. The highest BCUT2D eigenvalue weighted by Crippen LogP contribution is 2.22. The van der Waals surface area contributed by atoms with E-state index in [1.54, 1.807) is 11.8 Å². The number of nitrogens with zero attached hydrogens (tertiary/aromatic N) is 2. The average molecular weight is 284 g/mol. The van der Waals surface area contributed by atoms with Crippen molar-refractivity contribution in [3.05, 3.63) is 11.4 Å². The van der Waals surface area contributed by atoms with Crippen molar-refractivity contribution in [2.24, 2.45) is 5.73 Å². The number of nitrogens with one attached hydrogen (secondary N) is 1. The van der Waals surface area contributed by atoms with Gasteiger partial charge in [-0.2, -0.15) is 16.9 Å². The minimum absolute atomic E-state index is 0.136. The molecule has 5 nitrogen and oxygen atoms in total. The number of carbonyl (C=O) groups excluding carboxylic acids is 1. The maximum atomic E-state index is 12.0. The van der Waals surface area contributed by atoms with Gasteiger partial charge in [0.05, 0.1) is 23.1 Å². The zero-order chi connectivity index (χ0) is 14.6. The predicted octanol–water partition coefficient (Wildman–Crippen LogP) is 2.10. The smallest absolute Gasteiger partial charge is 0.241 e. The molecule has 0 saturated heterocycles. The first-order valence-corrected chi connectivity index (χ1v) is 7.89. The molecule has 0 bridgehead atoms. The Bertz CT molecular complexity index is 442. The van der Waals surface area contributed by atoms with Crippen LogP contribution in [0.5, 0.6) is 0 Å². The fourth-order valence-electron chi connectivity index (χ4n) is 1.94. The van der Waals surface area contributed by atoms with Crippen LogP contribution in [0.2, 0.25) is 0 Å². The molecular weight excluding hydrogens is 260 g/mol. The molecule has 1 aromatic rings. The molecule has 0 radical (unpaired) electrons. The topological polar surface area (TPSA) is 72.9 Å². The van der Waals surface area contributed by atoms with Gasteiger partial charge in [0.25, 0.3) is 0 Å². The third-order valence-electron chi connectivity index (χ3n) is 3.03. The van der Waals surface area contributed by atoms with Crippen molar-refractivity contribution in [1.82, 2.24) is 9.78 Å². The van der Waals surface area contributed by atoms with Gasteiger partial charge in [-0.1, -0.05) is 0 Å². The highest BCUT2D eigenvalue weighted by Gasteiger charge is 2.19. The highest BCUT2D eigenvalue weighted by molar-refractivity contribution is 7.98. The van der Waals surface area contributed by atoms with E-state index in [0.29, 0.717) is 6.42 Å². The van der Waals surface area contributed by atoms with E-state index in [2.05, 4.69) is 24.3 Å². The molecule has 0 aromatic carbocycles. The zero-order valence-corrected chi connectivity index (χ0v) is 13.2. The van der Waals surface area contributed by atoms with Gasteiger partial charge in [0.2, 0.25) is 5.91 Å². The number of aryl methyl sites for hydroxylation is 1. The van der Waals surface area contributed by atoms with Crippen molar-refractivity contribution in [1.29, 1.82) is 0 Å². The van der Waals surface area contributed by atoms with Crippen LogP contribution in [-0.2, 0) is 4.79 Å². The van der Waals surface area contributed by atoms with Crippen molar-refractivity contribution in [2.75, 3.05) is 17.3 Å². The molecule has 0 aliphatic rings. The number of amides is 1. The quantitative estimate of drug-likeness (QED) is 0.839. The number of hydrogen-bond acceptors (Lipinski definition) is 4. The summed E-state index contributed by atoms with van der Waals surface area (Å²) in [5, 5.41) is 7.35. The van der Waals surface area contributed by atoms with Crippen LogP contribution >= 0.6 is 11.8 Å². The number of hydrogen-bond donors (Lipinski definition) is 2. The van der Waals surface area contributed by atoms with Crippen LogP contribution in [0, 0.1) is 13.8 Å². The molecule has 1 aromatic heterocycles. The molecule has 1 atom stereocenters. The summed E-state index contributed by atoms with van der Waals surface area (Å²) >= 11 is 1.69. The summed E-state index contributed by atoms with van der Waals surface area (Å²) in [4.78, 5) is 12.0. The molecule has 19 heavy (non-hydrogen) atoms. The van der Waals surface area contributed by atoms with Crippen molar-refractivity contribution in [3.63, 3.8) is 0 Å². The molecule has 0 saturated carbocycles. The highest BCUT2D eigenvalue weighted by atomic mass is 32.2. The predicted molar refractivity (Wildman–Crippen MR) is 81.7 cm³/mol. The molecule has 1 heterocycles. The van der Waals surface area contributed by atoms with Gasteiger partial charge in [-0.05, 0) is 46.1 Å². The maximum absolute atomic E-state index is 12.0. The molecule has 108 valence electrons. The van der Waals surface area contributed by atoms with E-state index in [9.17, 15) is 4.79 Å². The number of rotatable bonds is 6. The zero-order valence-electron chi connectivity index (χ0n) is 12.4. The Labute approximate surface area is 119 Å². The van der Waals surface area contributed by atoms with Crippen molar-refractivity contribution >= 4 is 23.4 Å². The minimum atomic E-state index is -0.464. The molecule has 0 spiro atoms. The first-order chi connectivity index (χ1) is 8.88. The largest absolute Gasteiger partial charge is 0.322 e. The molecule has 6 heteroatoms. The molecular formula is C13H24N4OS. The summed E-state index contributed by atoms with van der Waals surface area (Å²) in [6.45, 7) is 7.99. The van der Waals surface area contributed by atoms with E-state index in [4.69, 9.17) is 5.73 Å². The Morgan fingerprint density at radius 3 is 2.58 bits per heavy atom. The summed E-state index contributed by atoms with van der Waals surface area (Å²) in [5.74, 6) is 0.751. The Kier molecular flexibility index (Phi) is 5.87. The van der Waals surface area contributed by atoms with E-state index < -0.39 is 6.04 Å². The van der Waals surface area contributed by atoms with Crippen LogP contribution < -0.4 is 11.1 Å². The summed E-state index contributed by atoms with van der Waals surface area (Å²) in [6, 6.07) is -0.192. The molecule has 0 aliphatic carbocycles. The number of nitrogens with two attached hydrogens (primary N) is 1. The Balaban J connectivity index is 2.79. The van der Waals surface area contributed by atoms with E-state index >= 15 is 0 Å². The second-order valence-electron chi connectivity index (χ2n) is 4.96. The second-order valence-corrected chi connectivity index (χ2v) is 5.95. The average Bonchev–Trinajstić information content (AvgIpc) is 2.63. The van der Waals surface area contributed by atoms with E-state index in [1.165, 1.54) is 0 Å². The van der Waals surface area contributed by atoms with E-state index in [0.717, 1.165) is 22.8 Å². The number of carbonyl (C=O) groups is 1. The molecule has 3 N–H and O–H groups in total. The molecule has 0 unspecified atom stereocenters. The van der Waals surface area contributed by atoms with Crippen LogP contribution in [0.15, 0.2) is 0 Å². The van der Waals surface area contributed by atoms with E-state index in [1.807, 2.05) is 24.8 Å². The second kappa shape index (κ2) is 6.96. The molecule has 1 amide bonds. The number of aromatic nitrogens is 2. The van der Waals surface area contributed by atoms with Gasteiger partial charge in [-0.25, -0.2) is 0 Å². The van der Waals surface area contributed by atoms with Gasteiger partial charge in [-0.3, -0.25) is 9.48 Å². The van der Waals surface area contributed by atoms with Crippen LogP contribution in [0.1, 0.15) is 37.7 Å². The van der Waals surface area contributed by atoms with Gasteiger partial charge >= 0.3 is 0 Å². The summed E-state index contributed by atoms with van der Waals surface area (Å²) in [6.07, 6.45) is 2.69. The normalized spacial score (nSPS) is 12.8. The Hall–Kier alpha value is -1.01. The van der Waals surface area contributed by atoms with Crippen LogP contribution in [0.3, 0.4) is 0 Å². The lowest BCUT2D eigenvalue weighted by Crippen LogP contribution is -2.36. The van der Waals surface area contributed by atoms with Crippen LogP contribution in [-0.4, -0.2) is 33.7 Å². The van der Waals surface area contributed by atoms with Gasteiger partial charge in [0, 0.05) is 6.04 Å². The monoisotopic (exact) mass is 284 g/mol. The SMILES string of the molecule is CSCC[C@@H](N)C(=O)Nc1c(C)nn(C(C)C)c1C. The van der Waals surface area contributed by atoms with Gasteiger partial charge in [0.15, 0.2) is 0 Å². The number of anilines is 1. The van der Waals surface area contributed by atoms with E-state index in [-0.39, 0.29) is 11.9 Å². The van der Waals surface area contributed by atoms with Gasteiger partial charge in [0.1, 0.15) is 0 Å². The van der Waals surface area contributed by atoms with Gasteiger partial charge < -0.3 is 11.1 Å². The third-order valence-corrected chi connectivity index (χ3v) is 3.68. The summed E-state index contributed by atoms with van der Waals surface area (Å²) < 4.78 is 1.92. The van der Waals surface area contributed by atoms with Crippen LogP contribution in [0.4, 0.5) is 5.69 Å². The summed E-state index contributed by atoms with van der Waals surface area (Å²) in [7, 11) is 0. The minimum Gasteiger partial charge on any atom is -0.322 e. The lowest BCUT2D eigenvalue weighted by Gasteiger charge is -2.12. The molecule has 0 fully saturated rings. The van der Waals surface area contributed by atoms with Crippen molar-refractivity contribution < 1.29 is 4.79 Å². The third kappa shape index (κ3) is 3.98. The van der Waals surface area contributed by atoms with Crippen molar-refractivity contribution in [2.45, 2.75) is 46.2 Å². The summed E-state index contributed by atoms with van der Waals surface area (Å²) in [5.41, 5.74) is 8.46. The fraction of sp³-hybridized carbons (Fsp3) is 0.692.